The summed E-state index contributed by atoms with van der Waals surface area (Å²) < 4.78 is 19.4. The summed E-state index contributed by atoms with van der Waals surface area (Å²) in [4.78, 5) is 14.4. The lowest BCUT2D eigenvalue weighted by molar-refractivity contribution is 0.0591. The predicted molar refractivity (Wildman–Crippen MR) is 81.8 cm³/mol. The molecule has 1 aliphatic heterocycles. The van der Waals surface area contributed by atoms with Crippen LogP contribution in [0.25, 0.3) is 11.3 Å². The molecular formula is C17H19FN2O2. The van der Waals surface area contributed by atoms with Gasteiger partial charge in [0.15, 0.2) is 5.76 Å². The van der Waals surface area contributed by atoms with Gasteiger partial charge in [-0.3, -0.25) is 4.79 Å². The van der Waals surface area contributed by atoms with Crippen molar-refractivity contribution in [2.45, 2.75) is 25.3 Å². The quantitative estimate of drug-likeness (QED) is 0.948. The van der Waals surface area contributed by atoms with E-state index in [1.54, 1.807) is 35.2 Å². The van der Waals surface area contributed by atoms with Crippen molar-refractivity contribution in [1.29, 1.82) is 0 Å². The normalized spacial score (nSPS) is 18.5. The standard InChI is InChI=1S/C17H19FN2O2/c18-14-7-2-1-6-13(14)15-8-9-16(22-15)17(21)20-10-4-3-5-12(20)11-19/h1-2,6-9,12H,3-5,10-11,19H2. The summed E-state index contributed by atoms with van der Waals surface area (Å²) in [5, 5.41) is 0. The molecule has 1 amide bonds. The van der Waals surface area contributed by atoms with Gasteiger partial charge in [0.25, 0.3) is 5.91 Å². The highest BCUT2D eigenvalue weighted by molar-refractivity contribution is 5.92. The topological polar surface area (TPSA) is 59.5 Å². The maximum Gasteiger partial charge on any atom is 0.289 e. The Hall–Kier alpha value is -2.14. The number of piperidine rings is 1. The Morgan fingerprint density at radius 2 is 2.09 bits per heavy atom. The molecule has 1 atom stereocenters. The average molecular weight is 302 g/mol. The molecule has 3 rings (SSSR count). The molecule has 2 N–H and O–H groups in total. The van der Waals surface area contributed by atoms with Gasteiger partial charge in [-0.2, -0.15) is 0 Å². The molecule has 0 radical (unpaired) electrons. The van der Waals surface area contributed by atoms with Crippen LogP contribution in [0.2, 0.25) is 0 Å². The third kappa shape index (κ3) is 2.76. The monoisotopic (exact) mass is 302 g/mol. The van der Waals surface area contributed by atoms with Gasteiger partial charge in [0.05, 0.1) is 5.56 Å². The molecule has 1 aromatic carbocycles. The van der Waals surface area contributed by atoms with Crippen LogP contribution in [0.4, 0.5) is 4.39 Å². The van der Waals surface area contributed by atoms with E-state index in [4.69, 9.17) is 10.2 Å². The molecule has 1 unspecified atom stereocenters. The molecule has 1 fully saturated rings. The first-order chi connectivity index (χ1) is 10.7. The molecule has 1 aliphatic rings. The Balaban J connectivity index is 1.84. The van der Waals surface area contributed by atoms with E-state index < -0.39 is 0 Å². The zero-order chi connectivity index (χ0) is 15.5. The number of carbonyl (C=O) groups is 1. The first-order valence-electron chi connectivity index (χ1n) is 7.56. The predicted octanol–water partition coefficient (Wildman–Crippen LogP) is 3.04. The summed E-state index contributed by atoms with van der Waals surface area (Å²) in [6.45, 7) is 1.14. The first-order valence-corrected chi connectivity index (χ1v) is 7.56. The Bertz CT molecular complexity index is 668. The Labute approximate surface area is 128 Å². The van der Waals surface area contributed by atoms with E-state index in [1.807, 2.05) is 0 Å². The number of likely N-dealkylation sites (tertiary alicyclic amines) is 1. The Morgan fingerprint density at radius 1 is 1.27 bits per heavy atom. The van der Waals surface area contributed by atoms with Gasteiger partial charge in [0.2, 0.25) is 0 Å². The first kappa shape index (κ1) is 14.8. The minimum Gasteiger partial charge on any atom is -0.451 e. The second-order valence-corrected chi connectivity index (χ2v) is 5.53. The Kier molecular flexibility index (Phi) is 4.24. The number of rotatable bonds is 3. The zero-order valence-corrected chi connectivity index (χ0v) is 12.3. The summed E-state index contributed by atoms with van der Waals surface area (Å²) in [5.74, 6) is 0.0627. The van der Waals surface area contributed by atoms with Crippen molar-refractivity contribution in [3.63, 3.8) is 0 Å². The van der Waals surface area contributed by atoms with Crippen LogP contribution in [-0.4, -0.2) is 29.9 Å². The molecule has 0 saturated carbocycles. The molecule has 4 nitrogen and oxygen atoms in total. The van der Waals surface area contributed by atoms with Gasteiger partial charge in [0, 0.05) is 19.1 Å². The van der Waals surface area contributed by atoms with Crippen LogP contribution in [0.5, 0.6) is 0 Å². The Morgan fingerprint density at radius 3 is 2.86 bits per heavy atom. The van der Waals surface area contributed by atoms with Crippen LogP contribution in [0.15, 0.2) is 40.8 Å². The number of furan rings is 1. The van der Waals surface area contributed by atoms with Gasteiger partial charge >= 0.3 is 0 Å². The lowest BCUT2D eigenvalue weighted by Crippen LogP contribution is -2.47. The van der Waals surface area contributed by atoms with Gasteiger partial charge in [-0.1, -0.05) is 12.1 Å². The van der Waals surface area contributed by atoms with Crippen molar-refractivity contribution >= 4 is 5.91 Å². The fourth-order valence-electron chi connectivity index (χ4n) is 2.91. The van der Waals surface area contributed by atoms with E-state index >= 15 is 0 Å². The van der Waals surface area contributed by atoms with Gasteiger partial charge in [-0.05, 0) is 43.5 Å². The molecule has 2 aromatic rings. The lowest BCUT2D eigenvalue weighted by atomic mass is 10.0. The van der Waals surface area contributed by atoms with Gasteiger partial charge < -0.3 is 15.1 Å². The molecule has 2 heterocycles. The van der Waals surface area contributed by atoms with Crippen LogP contribution in [0.1, 0.15) is 29.8 Å². The van der Waals surface area contributed by atoms with E-state index in [-0.39, 0.29) is 23.5 Å². The van der Waals surface area contributed by atoms with E-state index in [1.165, 1.54) is 6.07 Å². The van der Waals surface area contributed by atoms with E-state index in [0.717, 1.165) is 19.3 Å². The molecule has 0 aliphatic carbocycles. The molecule has 1 saturated heterocycles. The van der Waals surface area contributed by atoms with Crippen molar-refractivity contribution < 1.29 is 13.6 Å². The van der Waals surface area contributed by atoms with Crippen molar-refractivity contribution in [3.8, 4) is 11.3 Å². The number of amides is 1. The summed E-state index contributed by atoms with van der Waals surface area (Å²) in [5.41, 5.74) is 6.11. The summed E-state index contributed by atoms with van der Waals surface area (Å²) >= 11 is 0. The van der Waals surface area contributed by atoms with Crippen molar-refractivity contribution in [1.82, 2.24) is 4.90 Å². The van der Waals surface area contributed by atoms with Gasteiger partial charge in [-0.25, -0.2) is 4.39 Å². The number of benzene rings is 1. The van der Waals surface area contributed by atoms with Crippen molar-refractivity contribution in [2.24, 2.45) is 5.73 Å². The molecule has 116 valence electrons. The van der Waals surface area contributed by atoms with E-state index in [2.05, 4.69) is 0 Å². The van der Waals surface area contributed by atoms with Crippen molar-refractivity contribution in [2.75, 3.05) is 13.1 Å². The van der Waals surface area contributed by atoms with Crippen LogP contribution in [0.3, 0.4) is 0 Å². The van der Waals surface area contributed by atoms with E-state index in [9.17, 15) is 9.18 Å². The fourth-order valence-corrected chi connectivity index (χ4v) is 2.91. The highest BCUT2D eigenvalue weighted by Gasteiger charge is 2.28. The summed E-state index contributed by atoms with van der Waals surface area (Å²) in [7, 11) is 0. The molecule has 5 heteroatoms. The smallest absolute Gasteiger partial charge is 0.289 e. The minimum absolute atomic E-state index is 0.0586. The molecule has 0 bridgehead atoms. The van der Waals surface area contributed by atoms with Gasteiger partial charge in [0.1, 0.15) is 11.6 Å². The fraction of sp³-hybridized carbons (Fsp3) is 0.353. The lowest BCUT2D eigenvalue weighted by Gasteiger charge is -2.34. The third-order valence-corrected chi connectivity index (χ3v) is 4.12. The van der Waals surface area contributed by atoms with Crippen LogP contribution in [0, 0.1) is 5.82 Å². The summed E-state index contributed by atoms with van der Waals surface area (Å²) in [6.07, 6.45) is 2.98. The number of hydrogen-bond acceptors (Lipinski definition) is 3. The number of carbonyl (C=O) groups excluding carboxylic acids is 1. The summed E-state index contributed by atoms with van der Waals surface area (Å²) in [6, 6.07) is 9.65. The number of hydrogen-bond donors (Lipinski definition) is 1. The molecule has 22 heavy (non-hydrogen) atoms. The average Bonchev–Trinajstić information content (AvgIpc) is 3.04. The second-order valence-electron chi connectivity index (χ2n) is 5.53. The number of halogens is 1. The molecular weight excluding hydrogens is 283 g/mol. The molecule has 0 spiro atoms. The number of nitrogens with two attached hydrogens (primary N) is 1. The minimum atomic E-state index is -0.367. The highest BCUT2D eigenvalue weighted by Crippen LogP contribution is 2.26. The maximum atomic E-state index is 13.8. The maximum absolute atomic E-state index is 13.8. The van der Waals surface area contributed by atoms with Crippen LogP contribution < -0.4 is 5.73 Å². The van der Waals surface area contributed by atoms with Crippen LogP contribution >= 0.6 is 0 Å². The SMILES string of the molecule is NCC1CCCCN1C(=O)c1ccc(-c2ccccc2F)o1. The van der Waals surface area contributed by atoms with Gasteiger partial charge in [-0.15, -0.1) is 0 Å². The second kappa shape index (κ2) is 6.32. The van der Waals surface area contributed by atoms with E-state index in [0.29, 0.717) is 24.4 Å². The molecule has 1 aromatic heterocycles. The van der Waals surface area contributed by atoms with Crippen LogP contribution in [-0.2, 0) is 0 Å². The largest absolute Gasteiger partial charge is 0.451 e. The zero-order valence-electron chi connectivity index (χ0n) is 12.3. The van der Waals surface area contributed by atoms with Crippen molar-refractivity contribution in [3.05, 3.63) is 48.0 Å². The number of nitrogens with zero attached hydrogens (tertiary/aromatic N) is 1. The highest BCUT2D eigenvalue weighted by atomic mass is 19.1. The third-order valence-electron chi connectivity index (χ3n) is 4.12.